The molecule has 0 atom stereocenters. The molecule has 1 saturated carbocycles. The van der Waals surface area contributed by atoms with Gasteiger partial charge in [0.25, 0.3) is 0 Å². The van der Waals surface area contributed by atoms with Crippen LogP contribution in [0.5, 0.6) is 0 Å². The minimum Gasteiger partial charge on any atom is -0.397 e. The van der Waals surface area contributed by atoms with Crippen LogP contribution in [-0.2, 0) is 10.0 Å². The number of anilines is 1. The Hall–Kier alpha value is -0.820. The van der Waals surface area contributed by atoms with E-state index >= 15 is 0 Å². The van der Waals surface area contributed by atoms with Gasteiger partial charge in [-0.05, 0) is 37.5 Å². The number of benzene rings is 1. The van der Waals surface area contributed by atoms with Crippen molar-refractivity contribution >= 4 is 27.3 Å². The summed E-state index contributed by atoms with van der Waals surface area (Å²) in [5.41, 5.74) is 6.67. The molecule has 118 valence electrons. The number of halogens is 1. The van der Waals surface area contributed by atoms with Crippen LogP contribution in [0.2, 0.25) is 5.02 Å². The van der Waals surface area contributed by atoms with E-state index in [0.717, 1.165) is 25.7 Å². The first-order valence-corrected chi connectivity index (χ1v) is 8.88. The van der Waals surface area contributed by atoms with Gasteiger partial charge in [0, 0.05) is 12.6 Å². The van der Waals surface area contributed by atoms with Gasteiger partial charge in [-0.25, -0.2) is 8.42 Å². The van der Waals surface area contributed by atoms with Crippen LogP contribution in [0.25, 0.3) is 0 Å². The van der Waals surface area contributed by atoms with Gasteiger partial charge in [0.15, 0.2) is 0 Å². The van der Waals surface area contributed by atoms with Gasteiger partial charge >= 0.3 is 0 Å². The van der Waals surface area contributed by atoms with Gasteiger partial charge in [-0.15, -0.1) is 0 Å². The molecule has 21 heavy (non-hydrogen) atoms. The Morgan fingerprint density at radius 3 is 2.52 bits per heavy atom. The lowest BCUT2D eigenvalue weighted by Gasteiger charge is -2.27. The maximum atomic E-state index is 12.8. The van der Waals surface area contributed by atoms with Crippen LogP contribution < -0.4 is 5.73 Å². The van der Waals surface area contributed by atoms with Gasteiger partial charge < -0.3 is 10.8 Å². The number of nitrogen functional groups attached to an aromatic ring is 1. The number of nitrogens with two attached hydrogens (primary N) is 1. The third-order valence-electron chi connectivity index (χ3n) is 3.92. The predicted octanol–water partition coefficient (Wildman–Crippen LogP) is 2.16. The summed E-state index contributed by atoms with van der Waals surface area (Å²) < 4.78 is 27.1. The number of nitrogens with zero attached hydrogens (tertiary/aromatic N) is 1. The fourth-order valence-electron chi connectivity index (χ4n) is 2.84. The van der Waals surface area contributed by atoms with Crippen molar-refractivity contribution in [3.63, 3.8) is 0 Å². The Bertz CT molecular complexity index is 590. The molecule has 2 rings (SSSR count). The zero-order valence-electron chi connectivity index (χ0n) is 12.0. The molecule has 1 aromatic carbocycles. The van der Waals surface area contributed by atoms with Crippen LogP contribution in [0.3, 0.4) is 0 Å². The molecule has 0 amide bonds. The van der Waals surface area contributed by atoms with Crippen molar-refractivity contribution in [3.05, 3.63) is 22.7 Å². The van der Waals surface area contributed by atoms with Gasteiger partial charge in [-0.3, -0.25) is 0 Å². The van der Waals surface area contributed by atoms with E-state index in [1.807, 2.05) is 0 Å². The molecule has 1 aliphatic rings. The summed E-state index contributed by atoms with van der Waals surface area (Å²) in [4.78, 5) is 0.141. The Morgan fingerprint density at radius 2 is 2.00 bits per heavy atom. The molecule has 0 bridgehead atoms. The SMILES string of the molecule is Cc1cc(S(=O)(=O)N(CCO)C2CCCC2)cc(N)c1Cl. The summed E-state index contributed by atoms with van der Waals surface area (Å²) in [5, 5.41) is 9.59. The molecule has 7 heteroatoms. The Kier molecular flexibility index (Phi) is 5.14. The summed E-state index contributed by atoms with van der Waals surface area (Å²) >= 11 is 5.99. The minimum absolute atomic E-state index is 0.0423. The normalized spacial score (nSPS) is 16.8. The second-order valence-electron chi connectivity index (χ2n) is 5.42. The van der Waals surface area contributed by atoms with E-state index in [4.69, 9.17) is 17.3 Å². The van der Waals surface area contributed by atoms with Crippen molar-refractivity contribution in [3.8, 4) is 0 Å². The molecule has 0 heterocycles. The molecular formula is C14H21ClN2O3S. The zero-order valence-corrected chi connectivity index (χ0v) is 13.6. The molecule has 1 aromatic rings. The number of rotatable bonds is 5. The van der Waals surface area contributed by atoms with E-state index < -0.39 is 10.0 Å². The lowest BCUT2D eigenvalue weighted by Crippen LogP contribution is -2.40. The van der Waals surface area contributed by atoms with Gasteiger partial charge in [0.05, 0.1) is 22.2 Å². The van der Waals surface area contributed by atoms with Crippen LogP contribution in [0, 0.1) is 6.92 Å². The van der Waals surface area contributed by atoms with Crippen molar-refractivity contribution < 1.29 is 13.5 Å². The van der Waals surface area contributed by atoms with Crippen LogP contribution in [-0.4, -0.2) is 37.0 Å². The largest absolute Gasteiger partial charge is 0.397 e. The molecule has 0 spiro atoms. The lowest BCUT2D eigenvalue weighted by molar-refractivity contribution is 0.226. The summed E-state index contributed by atoms with van der Waals surface area (Å²) in [6.45, 7) is 1.63. The molecule has 1 fully saturated rings. The summed E-state index contributed by atoms with van der Waals surface area (Å²) in [7, 11) is -3.67. The monoisotopic (exact) mass is 332 g/mol. The van der Waals surface area contributed by atoms with Crippen LogP contribution in [0.15, 0.2) is 17.0 Å². The van der Waals surface area contributed by atoms with Crippen molar-refractivity contribution in [2.24, 2.45) is 0 Å². The lowest BCUT2D eigenvalue weighted by atomic mass is 10.2. The molecule has 0 aliphatic heterocycles. The number of hydrogen-bond donors (Lipinski definition) is 2. The van der Waals surface area contributed by atoms with Crippen LogP contribution >= 0.6 is 11.6 Å². The quantitative estimate of drug-likeness (QED) is 0.809. The van der Waals surface area contributed by atoms with E-state index in [-0.39, 0.29) is 29.8 Å². The molecule has 0 radical (unpaired) electrons. The summed E-state index contributed by atoms with van der Waals surface area (Å²) in [5.74, 6) is 0. The molecule has 0 aromatic heterocycles. The zero-order chi connectivity index (χ0) is 15.6. The second-order valence-corrected chi connectivity index (χ2v) is 7.69. The van der Waals surface area contributed by atoms with E-state index in [1.165, 1.54) is 16.4 Å². The number of aliphatic hydroxyl groups is 1. The predicted molar refractivity (Wildman–Crippen MR) is 83.8 cm³/mol. The Balaban J connectivity index is 2.42. The molecule has 0 saturated heterocycles. The highest BCUT2D eigenvalue weighted by atomic mass is 35.5. The highest BCUT2D eigenvalue weighted by molar-refractivity contribution is 7.89. The third-order valence-corrected chi connectivity index (χ3v) is 6.36. The van der Waals surface area contributed by atoms with Gasteiger partial charge in [-0.1, -0.05) is 24.4 Å². The average molecular weight is 333 g/mol. The van der Waals surface area contributed by atoms with E-state index in [0.29, 0.717) is 10.6 Å². The van der Waals surface area contributed by atoms with E-state index in [9.17, 15) is 13.5 Å². The van der Waals surface area contributed by atoms with Crippen LogP contribution in [0.4, 0.5) is 5.69 Å². The fraction of sp³-hybridized carbons (Fsp3) is 0.571. The van der Waals surface area contributed by atoms with Crippen molar-refractivity contribution in [2.75, 3.05) is 18.9 Å². The molecule has 0 unspecified atom stereocenters. The summed E-state index contributed by atoms with van der Waals surface area (Å²) in [6, 6.07) is 2.89. The van der Waals surface area contributed by atoms with Gasteiger partial charge in [-0.2, -0.15) is 4.31 Å². The van der Waals surface area contributed by atoms with E-state index in [1.54, 1.807) is 6.92 Å². The minimum atomic E-state index is -3.67. The Labute approximate surface area is 130 Å². The van der Waals surface area contributed by atoms with Crippen molar-refractivity contribution in [2.45, 2.75) is 43.5 Å². The first kappa shape index (κ1) is 16.5. The highest BCUT2D eigenvalue weighted by Gasteiger charge is 2.33. The van der Waals surface area contributed by atoms with E-state index in [2.05, 4.69) is 0 Å². The number of hydrogen-bond acceptors (Lipinski definition) is 4. The summed E-state index contributed by atoms with van der Waals surface area (Å²) in [6.07, 6.45) is 3.70. The van der Waals surface area contributed by atoms with Crippen LogP contribution in [0.1, 0.15) is 31.2 Å². The molecule has 3 N–H and O–H groups in total. The topological polar surface area (TPSA) is 83.6 Å². The maximum absolute atomic E-state index is 12.8. The first-order chi connectivity index (χ1) is 9.87. The van der Waals surface area contributed by atoms with Gasteiger partial charge in [0.2, 0.25) is 10.0 Å². The fourth-order valence-corrected chi connectivity index (χ4v) is 4.74. The average Bonchev–Trinajstić information content (AvgIpc) is 2.95. The molecule has 1 aliphatic carbocycles. The Morgan fingerprint density at radius 1 is 1.38 bits per heavy atom. The number of aryl methyl sites for hydroxylation is 1. The second kappa shape index (κ2) is 6.52. The number of aliphatic hydroxyl groups excluding tert-OH is 1. The highest BCUT2D eigenvalue weighted by Crippen LogP contribution is 2.32. The maximum Gasteiger partial charge on any atom is 0.243 e. The molecule has 5 nitrogen and oxygen atoms in total. The van der Waals surface area contributed by atoms with Crippen molar-refractivity contribution in [1.82, 2.24) is 4.31 Å². The molecular weight excluding hydrogens is 312 g/mol. The number of sulfonamides is 1. The third kappa shape index (κ3) is 3.34. The first-order valence-electron chi connectivity index (χ1n) is 7.06. The van der Waals surface area contributed by atoms with Crippen molar-refractivity contribution in [1.29, 1.82) is 0 Å². The van der Waals surface area contributed by atoms with Gasteiger partial charge in [0.1, 0.15) is 0 Å². The standard InChI is InChI=1S/C14H21ClN2O3S/c1-10-8-12(9-13(16)14(10)15)21(19,20)17(6-7-18)11-4-2-3-5-11/h8-9,11,18H,2-7,16H2,1H3. The smallest absolute Gasteiger partial charge is 0.243 e.